The van der Waals surface area contributed by atoms with E-state index in [1.54, 1.807) is 6.07 Å². The van der Waals surface area contributed by atoms with Gasteiger partial charge in [0.2, 0.25) is 5.91 Å². The summed E-state index contributed by atoms with van der Waals surface area (Å²) in [6, 6.07) is 10.0. The number of likely N-dealkylation sites (N-methyl/N-ethyl adjacent to an activating group) is 1. The highest BCUT2D eigenvalue weighted by Crippen LogP contribution is 2.29. The van der Waals surface area contributed by atoms with Gasteiger partial charge in [-0.15, -0.1) is 0 Å². The second kappa shape index (κ2) is 9.59. The van der Waals surface area contributed by atoms with Gasteiger partial charge in [-0.05, 0) is 56.4 Å². The van der Waals surface area contributed by atoms with Crippen molar-refractivity contribution in [3.63, 3.8) is 0 Å². The summed E-state index contributed by atoms with van der Waals surface area (Å²) in [5, 5.41) is 14.1. The van der Waals surface area contributed by atoms with Crippen molar-refractivity contribution in [1.29, 1.82) is 0 Å². The molecule has 0 radical (unpaired) electrons. The van der Waals surface area contributed by atoms with E-state index in [0.29, 0.717) is 11.4 Å². The molecule has 0 spiro atoms. The number of aryl methyl sites for hydroxylation is 1. The number of piperidine rings is 1. The average Bonchev–Trinajstić information content (AvgIpc) is 2.76. The number of hydrogen-bond acceptors (Lipinski definition) is 5. The molecule has 1 fully saturated rings. The number of benzene rings is 2. The van der Waals surface area contributed by atoms with Gasteiger partial charge in [-0.25, -0.2) is 0 Å². The van der Waals surface area contributed by atoms with Crippen LogP contribution in [-0.2, 0) is 4.79 Å². The molecule has 0 unspecified atom stereocenters. The molecule has 0 aromatic heterocycles. The SMILES string of the molecule is Cc1cccc(NC(=O)CN(C)C(=O)c2cc([N+](=O)[O-])ccc2N2CCCCC2)c1C. The van der Waals surface area contributed by atoms with Crippen molar-refractivity contribution >= 4 is 28.9 Å². The topological polar surface area (TPSA) is 95.8 Å². The monoisotopic (exact) mass is 424 g/mol. The predicted octanol–water partition coefficient (Wildman–Crippen LogP) is 3.91. The third-order valence-electron chi connectivity index (χ3n) is 5.72. The molecule has 31 heavy (non-hydrogen) atoms. The lowest BCUT2D eigenvalue weighted by Crippen LogP contribution is -2.37. The summed E-state index contributed by atoms with van der Waals surface area (Å²) in [6.07, 6.45) is 3.16. The van der Waals surface area contributed by atoms with Gasteiger partial charge in [0, 0.05) is 38.0 Å². The number of non-ortho nitro benzene ring substituents is 1. The highest BCUT2D eigenvalue weighted by molar-refractivity contribution is 6.03. The second-order valence-electron chi connectivity index (χ2n) is 7.96. The van der Waals surface area contributed by atoms with Crippen molar-refractivity contribution in [3.8, 4) is 0 Å². The van der Waals surface area contributed by atoms with Gasteiger partial charge < -0.3 is 15.1 Å². The van der Waals surface area contributed by atoms with Crippen LogP contribution in [-0.4, -0.2) is 48.3 Å². The molecule has 2 aromatic carbocycles. The van der Waals surface area contributed by atoms with Crippen LogP contribution in [0.1, 0.15) is 40.7 Å². The number of carbonyl (C=O) groups is 2. The molecule has 2 amide bonds. The van der Waals surface area contributed by atoms with Gasteiger partial charge >= 0.3 is 0 Å². The lowest BCUT2D eigenvalue weighted by Gasteiger charge is -2.31. The third-order valence-corrected chi connectivity index (χ3v) is 5.72. The summed E-state index contributed by atoms with van der Waals surface area (Å²) in [7, 11) is 1.53. The molecule has 8 heteroatoms. The number of anilines is 2. The molecule has 8 nitrogen and oxygen atoms in total. The Labute approximate surface area is 182 Å². The van der Waals surface area contributed by atoms with E-state index in [1.165, 1.54) is 24.1 Å². The minimum absolute atomic E-state index is 0.141. The maximum atomic E-state index is 13.2. The first kappa shape index (κ1) is 22.3. The zero-order valence-electron chi connectivity index (χ0n) is 18.2. The van der Waals surface area contributed by atoms with Crippen LogP contribution >= 0.6 is 0 Å². The molecule has 0 atom stereocenters. The van der Waals surface area contributed by atoms with Crippen LogP contribution in [0.25, 0.3) is 0 Å². The first-order chi connectivity index (χ1) is 14.8. The highest BCUT2D eigenvalue weighted by atomic mass is 16.6. The standard InChI is InChI=1S/C23H28N4O4/c1-16-8-7-9-20(17(16)2)24-22(28)15-25(3)23(29)19-14-18(27(30)31)10-11-21(19)26-12-5-4-6-13-26/h7-11,14H,4-6,12-13,15H2,1-3H3,(H,24,28). The normalized spacial score (nSPS) is 13.6. The summed E-state index contributed by atoms with van der Waals surface area (Å²) in [5.41, 5.74) is 3.52. The van der Waals surface area contributed by atoms with E-state index in [1.807, 2.05) is 32.0 Å². The van der Waals surface area contributed by atoms with Crippen LogP contribution in [0.2, 0.25) is 0 Å². The lowest BCUT2D eigenvalue weighted by atomic mass is 10.1. The van der Waals surface area contributed by atoms with E-state index in [4.69, 9.17) is 0 Å². The fourth-order valence-electron chi connectivity index (χ4n) is 3.79. The Bertz CT molecular complexity index is 999. The van der Waals surface area contributed by atoms with E-state index in [-0.39, 0.29) is 23.7 Å². The van der Waals surface area contributed by atoms with E-state index in [2.05, 4.69) is 10.2 Å². The number of nitrogens with one attached hydrogen (secondary N) is 1. The molecule has 0 bridgehead atoms. The van der Waals surface area contributed by atoms with Crippen LogP contribution < -0.4 is 10.2 Å². The Morgan fingerprint density at radius 2 is 1.84 bits per heavy atom. The zero-order chi connectivity index (χ0) is 22.5. The second-order valence-corrected chi connectivity index (χ2v) is 7.96. The summed E-state index contributed by atoms with van der Waals surface area (Å²) in [4.78, 5) is 39.9. The maximum absolute atomic E-state index is 13.2. The molecule has 1 aliphatic heterocycles. The fraction of sp³-hybridized carbons (Fsp3) is 0.391. The number of nitrogens with zero attached hydrogens (tertiary/aromatic N) is 3. The van der Waals surface area contributed by atoms with Crippen LogP contribution in [0, 0.1) is 24.0 Å². The van der Waals surface area contributed by atoms with Gasteiger partial charge in [-0.3, -0.25) is 19.7 Å². The lowest BCUT2D eigenvalue weighted by molar-refractivity contribution is -0.384. The number of carbonyl (C=O) groups excluding carboxylic acids is 2. The van der Waals surface area contributed by atoms with Crippen LogP contribution in [0.15, 0.2) is 36.4 Å². The van der Waals surface area contributed by atoms with Gasteiger partial charge in [0.25, 0.3) is 11.6 Å². The fourth-order valence-corrected chi connectivity index (χ4v) is 3.79. The van der Waals surface area contributed by atoms with Crippen LogP contribution in [0.3, 0.4) is 0 Å². The van der Waals surface area contributed by atoms with Crippen LogP contribution in [0.5, 0.6) is 0 Å². The van der Waals surface area contributed by atoms with Crippen molar-refractivity contribution in [1.82, 2.24) is 4.90 Å². The molecule has 1 heterocycles. The Balaban J connectivity index is 1.79. The van der Waals surface area contributed by atoms with Crippen LogP contribution in [0.4, 0.5) is 17.1 Å². The largest absolute Gasteiger partial charge is 0.371 e. The number of amides is 2. The van der Waals surface area contributed by atoms with Crippen molar-refractivity contribution in [2.45, 2.75) is 33.1 Å². The third kappa shape index (κ3) is 5.20. The zero-order valence-corrected chi connectivity index (χ0v) is 18.2. The Morgan fingerprint density at radius 3 is 2.52 bits per heavy atom. The molecule has 1 saturated heterocycles. The molecule has 1 N–H and O–H groups in total. The summed E-state index contributed by atoms with van der Waals surface area (Å²) in [5.74, 6) is -0.741. The van der Waals surface area contributed by atoms with E-state index >= 15 is 0 Å². The molecular formula is C23H28N4O4. The maximum Gasteiger partial charge on any atom is 0.270 e. The molecule has 1 aliphatic rings. The first-order valence-electron chi connectivity index (χ1n) is 10.4. The van der Waals surface area contributed by atoms with Crippen molar-refractivity contribution in [2.75, 3.05) is 36.9 Å². The van der Waals surface area contributed by atoms with E-state index < -0.39 is 10.8 Å². The number of hydrogen-bond donors (Lipinski definition) is 1. The number of nitro benzene ring substituents is 1. The molecule has 164 valence electrons. The molecule has 0 saturated carbocycles. The van der Waals surface area contributed by atoms with Gasteiger partial charge in [0.15, 0.2) is 0 Å². The molecule has 3 rings (SSSR count). The quantitative estimate of drug-likeness (QED) is 0.560. The molecular weight excluding hydrogens is 396 g/mol. The summed E-state index contributed by atoms with van der Waals surface area (Å²) < 4.78 is 0. The van der Waals surface area contributed by atoms with Gasteiger partial charge in [-0.2, -0.15) is 0 Å². The number of nitro groups is 1. The van der Waals surface area contributed by atoms with E-state index in [0.717, 1.165) is 43.5 Å². The van der Waals surface area contributed by atoms with Gasteiger partial charge in [0.05, 0.1) is 22.7 Å². The molecule has 0 aliphatic carbocycles. The van der Waals surface area contributed by atoms with Crippen molar-refractivity contribution in [3.05, 3.63) is 63.2 Å². The summed E-state index contributed by atoms with van der Waals surface area (Å²) in [6.45, 7) is 5.33. The van der Waals surface area contributed by atoms with Crippen molar-refractivity contribution < 1.29 is 14.5 Å². The first-order valence-corrected chi connectivity index (χ1v) is 10.4. The molecule has 2 aromatic rings. The smallest absolute Gasteiger partial charge is 0.270 e. The minimum Gasteiger partial charge on any atom is -0.371 e. The Morgan fingerprint density at radius 1 is 1.13 bits per heavy atom. The van der Waals surface area contributed by atoms with Gasteiger partial charge in [0.1, 0.15) is 0 Å². The van der Waals surface area contributed by atoms with Crippen molar-refractivity contribution in [2.24, 2.45) is 0 Å². The average molecular weight is 425 g/mol. The number of rotatable bonds is 6. The summed E-state index contributed by atoms with van der Waals surface area (Å²) >= 11 is 0. The Kier molecular flexibility index (Phi) is 6.89. The van der Waals surface area contributed by atoms with E-state index in [9.17, 15) is 19.7 Å². The minimum atomic E-state index is -0.510. The Hall–Kier alpha value is -3.42. The highest BCUT2D eigenvalue weighted by Gasteiger charge is 2.25. The predicted molar refractivity (Wildman–Crippen MR) is 121 cm³/mol. The van der Waals surface area contributed by atoms with Gasteiger partial charge in [-0.1, -0.05) is 12.1 Å².